The van der Waals surface area contributed by atoms with E-state index in [1.54, 1.807) is 13.0 Å². The number of carbonyl (C=O) groups excluding carboxylic acids is 1. The summed E-state index contributed by atoms with van der Waals surface area (Å²) < 4.78 is 48.9. The molecule has 13 heteroatoms. The molecule has 0 saturated heterocycles. The monoisotopic (exact) mass is 493 g/mol. The number of aryl methyl sites for hydroxylation is 1. The molecule has 4 rings (SSSR count). The fraction of sp³-hybridized carbons (Fsp3) is 0.143. The maximum atomic E-state index is 12.8. The van der Waals surface area contributed by atoms with Gasteiger partial charge in [0.05, 0.1) is 27.5 Å². The fourth-order valence-corrected chi connectivity index (χ4v) is 3.44. The molecule has 0 atom stereocenters. The van der Waals surface area contributed by atoms with Crippen molar-refractivity contribution in [1.29, 1.82) is 0 Å². The first kappa shape index (κ1) is 23.1. The number of halogens is 4. The smallest absolute Gasteiger partial charge is 0.417 e. The van der Waals surface area contributed by atoms with Crippen LogP contribution in [0.1, 0.15) is 27.5 Å². The highest BCUT2D eigenvalue weighted by Gasteiger charge is 2.32. The number of rotatable bonds is 6. The van der Waals surface area contributed by atoms with Gasteiger partial charge in [-0.3, -0.25) is 9.78 Å². The number of primary amides is 1. The third kappa shape index (κ3) is 4.66. The molecule has 0 saturated carbocycles. The Morgan fingerprint density at radius 3 is 2.65 bits per heavy atom. The molecule has 0 fully saturated rings. The molecule has 0 radical (unpaired) electrons. The molecule has 34 heavy (non-hydrogen) atoms. The van der Waals surface area contributed by atoms with E-state index in [9.17, 15) is 23.1 Å². The van der Waals surface area contributed by atoms with Gasteiger partial charge < -0.3 is 25.1 Å². The molecular weight excluding hydrogens is 479 g/mol. The first-order valence-corrected chi connectivity index (χ1v) is 9.91. The molecule has 0 aliphatic carbocycles. The van der Waals surface area contributed by atoms with Crippen LogP contribution in [0.25, 0.3) is 22.6 Å². The minimum Gasteiger partial charge on any atom is -0.507 e. The number of aromatic hydroxyl groups is 1. The highest BCUT2D eigenvalue weighted by Crippen LogP contribution is 2.36. The van der Waals surface area contributed by atoms with Crippen LogP contribution < -0.4 is 10.5 Å². The van der Waals surface area contributed by atoms with Crippen LogP contribution in [0, 0.1) is 6.92 Å². The van der Waals surface area contributed by atoms with Crippen molar-refractivity contribution in [2.45, 2.75) is 19.7 Å². The summed E-state index contributed by atoms with van der Waals surface area (Å²) in [6.07, 6.45) is -2.46. The van der Waals surface area contributed by atoms with Gasteiger partial charge in [0.15, 0.2) is 0 Å². The lowest BCUT2D eigenvalue weighted by Gasteiger charge is -2.12. The van der Waals surface area contributed by atoms with E-state index < -0.39 is 17.6 Å². The number of alkyl halides is 3. The zero-order valence-electron chi connectivity index (χ0n) is 17.3. The van der Waals surface area contributed by atoms with E-state index in [-0.39, 0.29) is 40.4 Å². The summed E-state index contributed by atoms with van der Waals surface area (Å²) in [5.74, 6) is -1.03. The van der Waals surface area contributed by atoms with Gasteiger partial charge in [-0.15, -0.1) is 0 Å². The molecule has 4 aromatic rings. The molecule has 1 aromatic carbocycles. The molecule has 0 bridgehead atoms. The number of benzene rings is 1. The minimum atomic E-state index is -4.51. The Labute approximate surface area is 194 Å². The standard InChI is InChI=1S/C21H15ClF3N5O4/c1-9-2-10(19-29-20(18(26)32)34-30-19)3-14(22)17(9)33-8-12-5-16(31)13(7-27-12)15-4-11(6-28-15)21(23,24)25/h2-7,28H,8H2,1H3,(H2,26,32)(H,27,31). The van der Waals surface area contributed by atoms with Gasteiger partial charge in [0, 0.05) is 24.0 Å². The second kappa shape index (κ2) is 8.71. The van der Waals surface area contributed by atoms with Gasteiger partial charge in [0.2, 0.25) is 5.82 Å². The Hall–Kier alpha value is -4.06. The van der Waals surface area contributed by atoms with E-state index in [0.29, 0.717) is 22.6 Å². The number of amides is 1. The van der Waals surface area contributed by atoms with E-state index in [2.05, 4.69) is 20.1 Å². The number of nitrogens with one attached hydrogen (secondary N) is 1. The van der Waals surface area contributed by atoms with Gasteiger partial charge in [-0.1, -0.05) is 16.8 Å². The highest BCUT2D eigenvalue weighted by molar-refractivity contribution is 6.32. The lowest BCUT2D eigenvalue weighted by molar-refractivity contribution is -0.137. The van der Waals surface area contributed by atoms with Crippen LogP contribution in [0.15, 0.2) is 41.2 Å². The lowest BCUT2D eigenvalue weighted by Crippen LogP contribution is -2.11. The lowest BCUT2D eigenvalue weighted by atomic mass is 10.1. The second-order valence-electron chi connectivity index (χ2n) is 7.17. The predicted octanol–water partition coefficient (Wildman–Crippen LogP) is 4.49. The van der Waals surface area contributed by atoms with Crippen molar-refractivity contribution >= 4 is 17.5 Å². The number of carbonyl (C=O) groups is 1. The molecule has 176 valence electrons. The second-order valence-corrected chi connectivity index (χ2v) is 7.58. The maximum absolute atomic E-state index is 12.8. The highest BCUT2D eigenvalue weighted by atomic mass is 35.5. The first-order valence-electron chi connectivity index (χ1n) is 9.53. The number of nitrogens with two attached hydrogens (primary N) is 1. The van der Waals surface area contributed by atoms with Crippen molar-refractivity contribution in [3.63, 3.8) is 0 Å². The number of aromatic amines is 1. The fourth-order valence-electron chi connectivity index (χ4n) is 3.12. The van der Waals surface area contributed by atoms with E-state index in [1.165, 1.54) is 18.3 Å². The van der Waals surface area contributed by atoms with Crippen molar-refractivity contribution in [3.8, 4) is 34.1 Å². The van der Waals surface area contributed by atoms with Crippen molar-refractivity contribution in [1.82, 2.24) is 20.1 Å². The normalized spacial score (nSPS) is 11.6. The Morgan fingerprint density at radius 1 is 1.29 bits per heavy atom. The van der Waals surface area contributed by atoms with E-state index >= 15 is 0 Å². The summed E-state index contributed by atoms with van der Waals surface area (Å²) in [6, 6.07) is 5.34. The van der Waals surface area contributed by atoms with Gasteiger partial charge in [0.1, 0.15) is 18.1 Å². The number of H-pyrrole nitrogens is 1. The van der Waals surface area contributed by atoms with Crippen LogP contribution >= 0.6 is 11.6 Å². The van der Waals surface area contributed by atoms with Crippen molar-refractivity contribution in [2.75, 3.05) is 0 Å². The average molecular weight is 494 g/mol. The molecule has 3 aromatic heterocycles. The van der Waals surface area contributed by atoms with Crippen LogP contribution in [-0.2, 0) is 12.8 Å². The molecule has 0 aliphatic heterocycles. The van der Waals surface area contributed by atoms with Gasteiger partial charge in [0.25, 0.3) is 0 Å². The molecule has 3 heterocycles. The van der Waals surface area contributed by atoms with Crippen molar-refractivity contribution < 1.29 is 32.3 Å². The van der Waals surface area contributed by atoms with Crippen LogP contribution in [0.4, 0.5) is 13.2 Å². The molecule has 0 aliphatic rings. The third-order valence-corrected chi connectivity index (χ3v) is 5.01. The van der Waals surface area contributed by atoms with Crippen LogP contribution in [0.5, 0.6) is 11.5 Å². The van der Waals surface area contributed by atoms with E-state index in [1.807, 2.05) is 0 Å². The summed E-state index contributed by atoms with van der Waals surface area (Å²) in [6.45, 7) is 1.64. The Bertz CT molecular complexity index is 1360. The predicted molar refractivity (Wildman–Crippen MR) is 113 cm³/mol. The SMILES string of the molecule is Cc1cc(-c2noc(C(N)=O)n2)cc(Cl)c1OCc1cc(O)c(-c2cc(C(F)(F)F)c[nH]2)cn1. The minimum absolute atomic E-state index is 0.0697. The summed E-state index contributed by atoms with van der Waals surface area (Å²) in [4.78, 5) is 21.6. The quantitative estimate of drug-likeness (QED) is 0.359. The summed E-state index contributed by atoms with van der Waals surface area (Å²) >= 11 is 6.33. The average Bonchev–Trinajstić information content (AvgIpc) is 3.43. The molecule has 0 unspecified atom stereocenters. The Kier molecular flexibility index (Phi) is 5.92. The number of pyridine rings is 1. The number of aromatic nitrogens is 4. The van der Waals surface area contributed by atoms with Crippen molar-refractivity contribution in [3.05, 3.63) is 64.4 Å². The first-order chi connectivity index (χ1) is 16.0. The molecule has 9 nitrogen and oxygen atoms in total. The molecular formula is C21H15ClF3N5O4. The van der Waals surface area contributed by atoms with E-state index in [0.717, 1.165) is 12.3 Å². The molecule has 0 spiro atoms. The Balaban J connectivity index is 1.50. The number of hydrogen-bond donors (Lipinski definition) is 3. The summed E-state index contributed by atoms with van der Waals surface area (Å²) in [5.41, 5.74) is 5.80. The largest absolute Gasteiger partial charge is 0.507 e. The summed E-state index contributed by atoms with van der Waals surface area (Å²) in [5, 5.41) is 14.2. The van der Waals surface area contributed by atoms with Gasteiger partial charge in [-0.05, 0) is 30.7 Å². The van der Waals surface area contributed by atoms with Crippen LogP contribution in [-0.4, -0.2) is 31.1 Å². The zero-order chi connectivity index (χ0) is 24.6. The van der Waals surface area contributed by atoms with Crippen molar-refractivity contribution in [2.24, 2.45) is 5.73 Å². The molecule has 1 amide bonds. The summed E-state index contributed by atoms with van der Waals surface area (Å²) in [7, 11) is 0. The number of nitrogens with zero attached hydrogens (tertiary/aromatic N) is 3. The molecule has 4 N–H and O–H groups in total. The van der Waals surface area contributed by atoms with Gasteiger partial charge >= 0.3 is 18.0 Å². The van der Waals surface area contributed by atoms with Gasteiger partial charge in [-0.25, -0.2) is 0 Å². The Morgan fingerprint density at radius 2 is 2.06 bits per heavy atom. The third-order valence-electron chi connectivity index (χ3n) is 4.73. The topological polar surface area (TPSA) is 140 Å². The van der Waals surface area contributed by atoms with Gasteiger partial charge in [-0.2, -0.15) is 18.2 Å². The van der Waals surface area contributed by atoms with Crippen LogP contribution in [0.2, 0.25) is 5.02 Å². The number of hydrogen-bond acceptors (Lipinski definition) is 7. The van der Waals surface area contributed by atoms with Crippen LogP contribution in [0.3, 0.4) is 0 Å². The van der Waals surface area contributed by atoms with E-state index in [4.69, 9.17) is 26.6 Å². The number of ether oxygens (including phenoxy) is 1. The maximum Gasteiger partial charge on any atom is 0.417 e. The zero-order valence-corrected chi connectivity index (χ0v) is 18.0.